The van der Waals surface area contributed by atoms with E-state index in [1.54, 1.807) is 13.1 Å². The minimum atomic E-state index is 0.0446. The van der Waals surface area contributed by atoms with Gasteiger partial charge < -0.3 is 0 Å². The van der Waals surface area contributed by atoms with Crippen molar-refractivity contribution in [2.45, 2.75) is 52.9 Å². The van der Waals surface area contributed by atoms with Gasteiger partial charge in [0, 0.05) is 34.0 Å². The third-order valence-electron chi connectivity index (χ3n) is 7.09. The molecule has 0 amide bonds. The van der Waals surface area contributed by atoms with Crippen LogP contribution in [0.1, 0.15) is 68.9 Å². The molecule has 0 saturated heterocycles. The van der Waals surface area contributed by atoms with Crippen LogP contribution in [0.2, 0.25) is 0 Å². The average molecular weight is 527 g/mol. The molecule has 0 atom stereocenters. The second kappa shape index (κ2) is 10.9. The molecule has 0 bridgehead atoms. The molecule has 3 aromatic carbocycles. The molecule has 0 aliphatic carbocycles. The van der Waals surface area contributed by atoms with Crippen molar-refractivity contribution in [3.05, 3.63) is 108 Å². The van der Waals surface area contributed by atoms with Crippen molar-refractivity contribution < 1.29 is 4.79 Å². The van der Waals surface area contributed by atoms with Crippen molar-refractivity contribution >= 4 is 5.78 Å². The molecule has 2 aromatic heterocycles. The summed E-state index contributed by atoms with van der Waals surface area (Å²) in [7, 11) is 0. The quantitative estimate of drug-likeness (QED) is 0.207. The molecule has 0 saturated carbocycles. The molecule has 2 heterocycles. The summed E-state index contributed by atoms with van der Waals surface area (Å²) in [6, 6.07) is 28.3. The van der Waals surface area contributed by atoms with E-state index >= 15 is 0 Å². The normalized spacial score (nSPS) is 11.6. The first-order valence-corrected chi connectivity index (χ1v) is 13.6. The molecule has 5 heteroatoms. The predicted molar refractivity (Wildman–Crippen MR) is 162 cm³/mol. The molecule has 200 valence electrons. The Morgan fingerprint density at radius 3 is 1.55 bits per heavy atom. The molecule has 0 aliphatic rings. The van der Waals surface area contributed by atoms with E-state index in [0.717, 1.165) is 27.9 Å². The first kappa shape index (κ1) is 27.1. The van der Waals surface area contributed by atoms with Gasteiger partial charge in [0.15, 0.2) is 23.3 Å². The van der Waals surface area contributed by atoms with Crippen LogP contribution in [0.4, 0.5) is 0 Å². The Balaban J connectivity index is 1.55. The summed E-state index contributed by atoms with van der Waals surface area (Å²) in [5, 5.41) is 0. The Labute approximate surface area is 236 Å². The van der Waals surface area contributed by atoms with Gasteiger partial charge in [-0.15, -0.1) is 0 Å². The average Bonchev–Trinajstić information content (AvgIpc) is 2.97. The largest absolute Gasteiger partial charge is 0.295 e. The molecule has 0 fully saturated rings. The summed E-state index contributed by atoms with van der Waals surface area (Å²) < 4.78 is 0. The maximum atomic E-state index is 11.6. The van der Waals surface area contributed by atoms with E-state index in [2.05, 4.69) is 88.1 Å². The fourth-order valence-electron chi connectivity index (χ4n) is 4.47. The predicted octanol–water partition coefficient (Wildman–Crippen LogP) is 8.56. The third-order valence-corrected chi connectivity index (χ3v) is 7.09. The van der Waals surface area contributed by atoms with Gasteiger partial charge in [-0.2, -0.15) is 0 Å². The van der Waals surface area contributed by atoms with Crippen LogP contribution in [0, 0.1) is 0 Å². The lowest BCUT2D eigenvalue weighted by atomic mass is 9.87. The highest BCUT2D eigenvalue weighted by molar-refractivity contribution is 5.94. The summed E-state index contributed by atoms with van der Waals surface area (Å²) >= 11 is 0. The second-order valence-electron chi connectivity index (χ2n) is 11.5. The monoisotopic (exact) mass is 526 g/mol. The molecule has 0 aliphatic heterocycles. The van der Waals surface area contributed by atoms with Crippen LogP contribution in [0.3, 0.4) is 0 Å². The highest BCUT2D eigenvalue weighted by atomic mass is 16.1. The Bertz CT molecular complexity index is 1630. The minimum absolute atomic E-state index is 0.0446. The molecule has 40 heavy (non-hydrogen) atoms. The fourth-order valence-corrected chi connectivity index (χ4v) is 4.47. The van der Waals surface area contributed by atoms with Crippen molar-refractivity contribution in [1.82, 2.24) is 19.9 Å². The molecule has 5 rings (SSSR count). The highest BCUT2D eigenvalue weighted by Crippen LogP contribution is 2.29. The number of benzene rings is 3. The Hall–Kier alpha value is -4.51. The van der Waals surface area contributed by atoms with E-state index in [0.29, 0.717) is 29.0 Å². The van der Waals surface area contributed by atoms with Crippen LogP contribution >= 0.6 is 0 Å². The van der Waals surface area contributed by atoms with Gasteiger partial charge in [-0.3, -0.25) is 9.78 Å². The van der Waals surface area contributed by atoms with Gasteiger partial charge in [0.2, 0.25) is 0 Å². The topological polar surface area (TPSA) is 68.6 Å². The summed E-state index contributed by atoms with van der Waals surface area (Å²) in [4.78, 5) is 30.9. The van der Waals surface area contributed by atoms with Crippen molar-refractivity contribution in [2.75, 3.05) is 0 Å². The maximum absolute atomic E-state index is 11.6. The van der Waals surface area contributed by atoms with Crippen molar-refractivity contribution in [1.29, 1.82) is 0 Å². The third kappa shape index (κ3) is 5.89. The number of hydrogen-bond donors (Lipinski definition) is 0. The number of carbonyl (C=O) groups is 1. The Morgan fingerprint density at radius 1 is 0.625 bits per heavy atom. The van der Waals surface area contributed by atoms with E-state index in [9.17, 15) is 4.79 Å². The van der Waals surface area contributed by atoms with E-state index < -0.39 is 0 Å². The van der Waals surface area contributed by atoms with E-state index in [1.165, 1.54) is 11.1 Å². The summed E-state index contributed by atoms with van der Waals surface area (Å²) in [5.74, 6) is 2.31. The summed E-state index contributed by atoms with van der Waals surface area (Å²) in [6.07, 6.45) is 1.79. The van der Waals surface area contributed by atoms with Gasteiger partial charge in [0.05, 0.1) is 5.69 Å². The van der Waals surface area contributed by atoms with E-state index in [1.807, 2.05) is 36.4 Å². The zero-order valence-corrected chi connectivity index (χ0v) is 23.9. The van der Waals surface area contributed by atoms with Gasteiger partial charge in [-0.25, -0.2) is 15.0 Å². The Kier molecular flexibility index (Phi) is 7.40. The number of Topliss-reactive ketones (excluding diaryl/α,β-unsaturated/α-hetero) is 1. The van der Waals surface area contributed by atoms with Gasteiger partial charge in [-0.05, 0) is 41.5 Å². The zero-order valence-electron chi connectivity index (χ0n) is 23.9. The van der Waals surface area contributed by atoms with Crippen molar-refractivity contribution in [3.63, 3.8) is 0 Å². The maximum Gasteiger partial charge on any atom is 0.165 e. The van der Waals surface area contributed by atoms with Crippen molar-refractivity contribution in [2.24, 2.45) is 0 Å². The van der Waals surface area contributed by atoms with Crippen LogP contribution in [0.15, 0.2) is 91.1 Å². The number of ketones is 1. The number of nitrogens with zero attached hydrogens (tertiary/aromatic N) is 4. The van der Waals surface area contributed by atoms with Gasteiger partial charge in [-0.1, -0.05) is 107 Å². The molecule has 5 aromatic rings. The van der Waals surface area contributed by atoms with Gasteiger partial charge >= 0.3 is 0 Å². The van der Waals surface area contributed by atoms with Crippen molar-refractivity contribution in [3.8, 4) is 45.4 Å². The van der Waals surface area contributed by atoms with E-state index in [4.69, 9.17) is 15.0 Å². The van der Waals surface area contributed by atoms with Gasteiger partial charge in [0.25, 0.3) is 0 Å². The number of rotatable bonds is 6. The lowest BCUT2D eigenvalue weighted by Crippen LogP contribution is -2.10. The first-order valence-electron chi connectivity index (χ1n) is 13.6. The zero-order chi connectivity index (χ0) is 28.4. The number of aromatic nitrogens is 4. The number of pyridine rings is 1. The molecular formula is C35H34N4O. The Morgan fingerprint density at radius 2 is 1.10 bits per heavy atom. The van der Waals surface area contributed by atoms with E-state index in [-0.39, 0.29) is 11.2 Å². The smallest absolute Gasteiger partial charge is 0.165 e. The summed E-state index contributed by atoms with van der Waals surface area (Å²) in [6.45, 7) is 12.5. The SMILES string of the molecule is CC(=O)c1ccc(-c2ccc(-c3nc(-c4ccc(C(C)C)cc4)nc(-c4ccc(C(C)(C)C)cc4)n3)cn2)cc1. The highest BCUT2D eigenvalue weighted by Gasteiger charge is 2.16. The number of hydrogen-bond acceptors (Lipinski definition) is 5. The fraction of sp³-hybridized carbons (Fsp3) is 0.229. The van der Waals surface area contributed by atoms with Gasteiger partial charge in [0.1, 0.15) is 0 Å². The van der Waals surface area contributed by atoms with Crippen LogP contribution in [-0.2, 0) is 5.41 Å². The van der Waals surface area contributed by atoms with Crippen LogP contribution in [0.5, 0.6) is 0 Å². The summed E-state index contributed by atoms with van der Waals surface area (Å²) in [5.41, 5.74) is 7.71. The minimum Gasteiger partial charge on any atom is -0.295 e. The molecule has 0 radical (unpaired) electrons. The molecule has 0 N–H and O–H groups in total. The number of carbonyl (C=O) groups excluding carboxylic acids is 1. The molecule has 0 spiro atoms. The lowest BCUT2D eigenvalue weighted by Gasteiger charge is -2.19. The van der Waals surface area contributed by atoms with Crippen LogP contribution in [-0.4, -0.2) is 25.7 Å². The molecule has 5 nitrogen and oxygen atoms in total. The van der Waals surface area contributed by atoms with Crippen LogP contribution in [0.25, 0.3) is 45.4 Å². The van der Waals surface area contributed by atoms with Crippen LogP contribution < -0.4 is 0 Å². The molecular weight excluding hydrogens is 492 g/mol. The molecule has 0 unspecified atom stereocenters. The first-order chi connectivity index (χ1) is 19.1. The standard InChI is InChI=1S/C35H34N4O/c1-22(2)24-7-13-27(14-8-24)32-37-33(28-15-18-30(19-16-28)35(4,5)6)39-34(38-32)29-17-20-31(36-21-29)26-11-9-25(10-12-26)23(3)40/h7-22H,1-6H3. The second-order valence-corrected chi connectivity index (χ2v) is 11.5. The lowest BCUT2D eigenvalue weighted by molar-refractivity contribution is 0.101.